The maximum atomic E-state index is 13.7. The Balaban J connectivity index is 1.42. The molecule has 8 nitrogen and oxygen atoms in total. The van der Waals surface area contributed by atoms with Gasteiger partial charge in [0, 0.05) is 22.2 Å². The second-order valence-electron chi connectivity index (χ2n) is 9.43. The summed E-state index contributed by atoms with van der Waals surface area (Å²) in [5.74, 6) is -0.129. The Labute approximate surface area is 241 Å². The van der Waals surface area contributed by atoms with Crippen LogP contribution in [-0.4, -0.2) is 39.0 Å². The average molecular weight is 574 g/mol. The Kier molecular flexibility index (Phi) is 8.32. The minimum absolute atomic E-state index is 0.229. The molecule has 0 bridgehead atoms. The van der Waals surface area contributed by atoms with Gasteiger partial charge in [0.1, 0.15) is 5.92 Å². The first kappa shape index (κ1) is 27.6. The molecule has 1 amide bonds. The van der Waals surface area contributed by atoms with Crippen LogP contribution in [0.2, 0.25) is 5.02 Å². The molecule has 0 saturated heterocycles. The van der Waals surface area contributed by atoms with Crippen LogP contribution in [0.1, 0.15) is 46.9 Å². The van der Waals surface area contributed by atoms with Crippen molar-refractivity contribution in [2.75, 3.05) is 11.9 Å². The van der Waals surface area contributed by atoms with Gasteiger partial charge in [-0.05, 0) is 68.3 Å². The minimum Gasteiger partial charge on any atom is -0.462 e. The van der Waals surface area contributed by atoms with Crippen LogP contribution in [0.4, 0.5) is 11.6 Å². The predicted octanol–water partition coefficient (Wildman–Crippen LogP) is 6.66. The van der Waals surface area contributed by atoms with E-state index in [1.54, 1.807) is 35.9 Å². The van der Waals surface area contributed by atoms with Gasteiger partial charge < -0.3 is 10.1 Å². The average Bonchev–Trinajstić information content (AvgIpc) is 3.35. The molecule has 1 N–H and O–H groups in total. The summed E-state index contributed by atoms with van der Waals surface area (Å²) >= 11 is 7.51. The topological polar surface area (TPSA) is 98.5 Å². The van der Waals surface area contributed by atoms with Crippen molar-refractivity contribution in [2.45, 2.75) is 37.7 Å². The Morgan fingerprint density at radius 3 is 2.38 bits per heavy atom. The van der Waals surface area contributed by atoms with Crippen molar-refractivity contribution in [1.29, 1.82) is 0 Å². The molecule has 4 aromatic rings. The van der Waals surface area contributed by atoms with E-state index in [4.69, 9.17) is 21.4 Å². The summed E-state index contributed by atoms with van der Waals surface area (Å²) in [6.45, 7) is 5.92. The number of benzene rings is 3. The summed E-state index contributed by atoms with van der Waals surface area (Å²) in [6.07, 6.45) is 0. The molecule has 40 heavy (non-hydrogen) atoms. The zero-order chi connectivity index (χ0) is 28.2. The summed E-state index contributed by atoms with van der Waals surface area (Å²) in [5.41, 5.74) is 4.77. The number of carbonyl (C=O) groups excluding carboxylic acids is 2. The third kappa shape index (κ3) is 6.11. The molecule has 2 heterocycles. The lowest BCUT2D eigenvalue weighted by Gasteiger charge is -2.30. The van der Waals surface area contributed by atoms with Crippen LogP contribution >= 0.6 is 23.4 Å². The Hall–Kier alpha value is -3.95. The molecule has 5 rings (SSSR count). The number of ether oxygens (including phenoxy) is 1. The third-order valence-electron chi connectivity index (χ3n) is 6.55. The smallest absolute Gasteiger partial charge is 0.338 e. The van der Waals surface area contributed by atoms with E-state index in [0.29, 0.717) is 45.4 Å². The molecule has 0 spiro atoms. The number of amides is 1. The fourth-order valence-corrected chi connectivity index (χ4v) is 5.41. The van der Waals surface area contributed by atoms with Gasteiger partial charge >= 0.3 is 5.97 Å². The van der Waals surface area contributed by atoms with E-state index in [0.717, 1.165) is 16.7 Å². The molecule has 2 unspecified atom stereocenters. The molecule has 10 heteroatoms. The van der Waals surface area contributed by atoms with Crippen LogP contribution < -0.4 is 5.32 Å². The summed E-state index contributed by atoms with van der Waals surface area (Å²) < 4.78 is 6.79. The molecule has 1 aromatic heterocycles. The lowest BCUT2D eigenvalue weighted by Crippen LogP contribution is -2.39. The van der Waals surface area contributed by atoms with Crippen molar-refractivity contribution in [3.63, 3.8) is 0 Å². The first-order chi connectivity index (χ1) is 19.3. The molecule has 0 radical (unpaired) electrons. The van der Waals surface area contributed by atoms with Crippen molar-refractivity contribution < 1.29 is 14.3 Å². The van der Waals surface area contributed by atoms with Gasteiger partial charge in [-0.3, -0.25) is 4.79 Å². The van der Waals surface area contributed by atoms with Crippen LogP contribution in [-0.2, 0) is 15.3 Å². The van der Waals surface area contributed by atoms with Gasteiger partial charge in [-0.1, -0.05) is 65.3 Å². The number of aryl methyl sites for hydroxylation is 1. The second kappa shape index (κ2) is 12.1. The van der Waals surface area contributed by atoms with Gasteiger partial charge in [0.25, 0.3) is 0 Å². The number of hydrogen-bond donors (Lipinski definition) is 1. The molecular weight excluding hydrogens is 546 g/mol. The van der Waals surface area contributed by atoms with E-state index in [1.807, 2.05) is 62.4 Å². The van der Waals surface area contributed by atoms with Gasteiger partial charge in [-0.2, -0.15) is 4.98 Å². The molecule has 0 aliphatic carbocycles. The number of fused-ring (bicyclic) bond motifs is 1. The second-order valence-corrected chi connectivity index (χ2v) is 10.8. The molecular formula is C30H28ClN5O3S. The number of rotatable bonds is 8. The van der Waals surface area contributed by atoms with Crippen molar-refractivity contribution >= 4 is 52.6 Å². The van der Waals surface area contributed by atoms with Crippen LogP contribution in [0, 0.1) is 12.8 Å². The number of aromatic nitrogens is 3. The van der Waals surface area contributed by atoms with E-state index >= 15 is 0 Å². The number of thioether (sulfide) groups is 1. The summed E-state index contributed by atoms with van der Waals surface area (Å²) in [7, 11) is 0. The highest BCUT2D eigenvalue weighted by Crippen LogP contribution is 2.37. The SMILES string of the molecule is CCOC(=O)c1ccc(NC(=O)C2C(C)=Nc3nc(SCc4ccc(Cl)cc4)nn3C2c2ccc(C)cc2)cc1. The Morgan fingerprint density at radius 2 is 1.70 bits per heavy atom. The van der Waals surface area contributed by atoms with Crippen molar-refractivity contribution in [2.24, 2.45) is 10.9 Å². The van der Waals surface area contributed by atoms with Gasteiger partial charge in [-0.25, -0.2) is 14.5 Å². The highest BCUT2D eigenvalue weighted by Gasteiger charge is 2.39. The van der Waals surface area contributed by atoms with E-state index in [9.17, 15) is 9.59 Å². The Morgan fingerprint density at radius 1 is 1.00 bits per heavy atom. The molecule has 3 aromatic carbocycles. The molecule has 1 aliphatic heterocycles. The molecule has 0 fully saturated rings. The fraction of sp³-hybridized carbons (Fsp3) is 0.233. The first-order valence-electron chi connectivity index (χ1n) is 12.9. The number of halogens is 1. The summed E-state index contributed by atoms with van der Waals surface area (Å²) in [6, 6.07) is 21.9. The van der Waals surface area contributed by atoms with Crippen LogP contribution in [0.3, 0.4) is 0 Å². The van der Waals surface area contributed by atoms with Gasteiger partial charge in [0.15, 0.2) is 0 Å². The summed E-state index contributed by atoms with van der Waals surface area (Å²) in [4.78, 5) is 35.1. The van der Waals surface area contributed by atoms with Crippen molar-refractivity contribution in [3.05, 3.63) is 100 Å². The third-order valence-corrected chi connectivity index (χ3v) is 7.71. The Bertz CT molecular complexity index is 1550. The van der Waals surface area contributed by atoms with Crippen LogP contribution in [0.15, 0.2) is 82.9 Å². The summed E-state index contributed by atoms with van der Waals surface area (Å²) in [5, 5.41) is 9.05. The lowest BCUT2D eigenvalue weighted by atomic mass is 9.87. The maximum absolute atomic E-state index is 13.7. The number of anilines is 1. The number of hydrogen-bond acceptors (Lipinski definition) is 7. The lowest BCUT2D eigenvalue weighted by molar-refractivity contribution is -0.118. The molecule has 204 valence electrons. The standard InChI is InChI=1S/C30H28ClN5O3S/c1-4-39-28(38)22-11-15-24(16-12-22)33-27(37)25-19(3)32-29-34-30(40-17-20-7-13-23(31)14-8-20)35-36(29)26(25)21-9-5-18(2)6-10-21/h5-16,25-26H,4,17H2,1-3H3,(H,33,37). The first-order valence-corrected chi connectivity index (χ1v) is 14.2. The van der Waals surface area contributed by atoms with E-state index < -0.39 is 17.9 Å². The highest BCUT2D eigenvalue weighted by molar-refractivity contribution is 7.98. The maximum Gasteiger partial charge on any atom is 0.338 e. The largest absolute Gasteiger partial charge is 0.462 e. The number of carbonyl (C=O) groups is 2. The van der Waals surface area contributed by atoms with E-state index in [2.05, 4.69) is 15.3 Å². The van der Waals surface area contributed by atoms with E-state index in [1.165, 1.54) is 11.8 Å². The number of aliphatic imine (C=N–C) groups is 1. The van der Waals surface area contributed by atoms with Gasteiger partial charge in [-0.15, -0.1) is 5.10 Å². The normalized spacial score (nSPS) is 16.1. The zero-order valence-corrected chi connectivity index (χ0v) is 23.9. The minimum atomic E-state index is -0.629. The molecule has 2 atom stereocenters. The highest BCUT2D eigenvalue weighted by atomic mass is 35.5. The van der Waals surface area contributed by atoms with Crippen molar-refractivity contribution in [1.82, 2.24) is 14.8 Å². The van der Waals surface area contributed by atoms with E-state index in [-0.39, 0.29) is 5.91 Å². The number of nitrogens with zero attached hydrogens (tertiary/aromatic N) is 4. The number of nitrogens with one attached hydrogen (secondary N) is 1. The van der Waals surface area contributed by atoms with Gasteiger partial charge in [0.2, 0.25) is 17.0 Å². The molecule has 1 aliphatic rings. The monoisotopic (exact) mass is 573 g/mol. The zero-order valence-electron chi connectivity index (χ0n) is 22.3. The fourth-order valence-electron chi connectivity index (χ4n) is 4.50. The van der Waals surface area contributed by atoms with Crippen molar-refractivity contribution in [3.8, 4) is 0 Å². The van der Waals surface area contributed by atoms with Crippen LogP contribution in [0.25, 0.3) is 0 Å². The quantitative estimate of drug-likeness (QED) is 0.187. The predicted molar refractivity (Wildman–Crippen MR) is 158 cm³/mol. The van der Waals surface area contributed by atoms with Crippen LogP contribution in [0.5, 0.6) is 0 Å². The molecule has 0 saturated carbocycles. The number of esters is 1. The van der Waals surface area contributed by atoms with Gasteiger partial charge in [0.05, 0.1) is 18.2 Å².